The van der Waals surface area contributed by atoms with Crippen LogP contribution in [-0.4, -0.2) is 16.4 Å². The highest BCUT2D eigenvalue weighted by Crippen LogP contribution is 2.21. The van der Waals surface area contributed by atoms with Crippen molar-refractivity contribution in [3.63, 3.8) is 0 Å². The van der Waals surface area contributed by atoms with Crippen molar-refractivity contribution < 1.29 is 9.36 Å². The summed E-state index contributed by atoms with van der Waals surface area (Å²) in [6.45, 7) is 2.17. The first kappa shape index (κ1) is 13.5. The minimum atomic E-state index is 0.154. The van der Waals surface area contributed by atoms with E-state index in [2.05, 4.69) is 15.3 Å². The predicted molar refractivity (Wildman–Crippen MR) is 81.2 cm³/mol. The van der Waals surface area contributed by atoms with E-state index < -0.39 is 0 Å². The Bertz CT molecular complexity index is 735. The zero-order valence-electron chi connectivity index (χ0n) is 11.4. The Balaban J connectivity index is 1.58. The van der Waals surface area contributed by atoms with Crippen LogP contribution >= 0.6 is 11.3 Å². The molecule has 0 N–H and O–H groups in total. The predicted octanol–water partition coefficient (Wildman–Crippen LogP) is 3.66. The van der Waals surface area contributed by atoms with Crippen molar-refractivity contribution in [3.8, 4) is 10.7 Å². The van der Waals surface area contributed by atoms with E-state index in [-0.39, 0.29) is 6.61 Å². The molecule has 6 heteroatoms. The van der Waals surface area contributed by atoms with Crippen LogP contribution < -0.4 is 0 Å². The molecule has 0 amide bonds. The fourth-order valence-electron chi connectivity index (χ4n) is 1.74. The minimum Gasteiger partial charge on any atom is -0.386 e. The maximum absolute atomic E-state index is 5.19. The number of benzene rings is 1. The summed E-state index contributed by atoms with van der Waals surface area (Å²) in [6, 6.07) is 11.8. The molecule has 3 aromatic rings. The van der Waals surface area contributed by atoms with Crippen LogP contribution in [0.4, 0.5) is 0 Å². The van der Waals surface area contributed by atoms with Crippen molar-refractivity contribution in [3.05, 3.63) is 58.8 Å². The molecule has 0 atom stereocenters. The third kappa shape index (κ3) is 3.35. The van der Waals surface area contributed by atoms with Gasteiger partial charge in [0.2, 0.25) is 5.82 Å². The summed E-state index contributed by atoms with van der Waals surface area (Å²) in [7, 11) is 0. The van der Waals surface area contributed by atoms with Crippen molar-refractivity contribution in [2.75, 3.05) is 0 Å². The number of hydrogen-bond acceptors (Lipinski definition) is 6. The van der Waals surface area contributed by atoms with E-state index in [1.807, 2.05) is 48.7 Å². The molecule has 0 saturated heterocycles. The van der Waals surface area contributed by atoms with E-state index in [1.165, 1.54) is 0 Å². The number of oxime groups is 1. The summed E-state index contributed by atoms with van der Waals surface area (Å²) >= 11 is 1.56. The molecule has 0 bridgehead atoms. The van der Waals surface area contributed by atoms with Crippen molar-refractivity contribution in [1.82, 2.24) is 10.1 Å². The van der Waals surface area contributed by atoms with Gasteiger partial charge >= 0.3 is 0 Å². The summed E-state index contributed by atoms with van der Waals surface area (Å²) in [5, 5.41) is 9.79. The van der Waals surface area contributed by atoms with Gasteiger partial charge in [0.1, 0.15) is 0 Å². The van der Waals surface area contributed by atoms with Crippen molar-refractivity contribution in [2.45, 2.75) is 13.5 Å². The Morgan fingerprint density at radius 3 is 3.00 bits per heavy atom. The first-order valence-corrected chi connectivity index (χ1v) is 7.28. The van der Waals surface area contributed by atoms with Crippen LogP contribution in [0.15, 0.2) is 51.5 Å². The lowest BCUT2D eigenvalue weighted by Crippen LogP contribution is -1.90. The minimum absolute atomic E-state index is 0.154. The van der Waals surface area contributed by atoms with Crippen LogP contribution in [-0.2, 0) is 11.4 Å². The lowest BCUT2D eigenvalue weighted by molar-refractivity contribution is 0.107. The number of rotatable bonds is 5. The molecular weight excluding hydrogens is 286 g/mol. The smallest absolute Gasteiger partial charge is 0.267 e. The topological polar surface area (TPSA) is 60.5 Å². The fourth-order valence-corrected chi connectivity index (χ4v) is 2.39. The van der Waals surface area contributed by atoms with Crippen molar-refractivity contribution in [2.24, 2.45) is 5.16 Å². The molecule has 106 valence electrons. The number of aromatic nitrogens is 2. The number of nitrogens with zero attached hydrogens (tertiary/aromatic N) is 3. The number of hydrogen-bond donors (Lipinski definition) is 0. The molecule has 0 radical (unpaired) electrons. The lowest BCUT2D eigenvalue weighted by atomic mass is 10.1. The Kier molecular flexibility index (Phi) is 4.07. The monoisotopic (exact) mass is 299 g/mol. The van der Waals surface area contributed by atoms with Gasteiger partial charge in [0.25, 0.3) is 5.89 Å². The molecule has 21 heavy (non-hydrogen) atoms. The SMILES string of the molecule is Cc1ccccc1/C=N\OCc1nc(-c2cccs2)no1. The highest BCUT2D eigenvalue weighted by molar-refractivity contribution is 7.13. The van der Waals surface area contributed by atoms with Crippen LogP contribution in [0.3, 0.4) is 0 Å². The molecule has 0 aliphatic carbocycles. The zero-order valence-corrected chi connectivity index (χ0v) is 12.2. The standard InChI is InChI=1S/C15H13N3O2S/c1-11-5-2-3-6-12(11)9-16-19-10-14-17-15(18-20-14)13-7-4-8-21-13/h2-9H,10H2,1H3/b16-9-. The van der Waals surface area contributed by atoms with Gasteiger partial charge in [0.05, 0.1) is 11.1 Å². The van der Waals surface area contributed by atoms with E-state index in [1.54, 1.807) is 17.6 Å². The fraction of sp³-hybridized carbons (Fsp3) is 0.133. The molecule has 0 unspecified atom stereocenters. The Morgan fingerprint density at radius 1 is 1.29 bits per heavy atom. The molecule has 2 heterocycles. The summed E-state index contributed by atoms with van der Waals surface area (Å²) in [6.07, 6.45) is 1.67. The highest BCUT2D eigenvalue weighted by atomic mass is 32.1. The average Bonchev–Trinajstić information content (AvgIpc) is 3.16. The van der Waals surface area contributed by atoms with Gasteiger partial charge in [-0.15, -0.1) is 11.3 Å². The van der Waals surface area contributed by atoms with E-state index in [0.29, 0.717) is 11.7 Å². The highest BCUT2D eigenvalue weighted by Gasteiger charge is 2.09. The van der Waals surface area contributed by atoms with Crippen molar-refractivity contribution in [1.29, 1.82) is 0 Å². The Labute approximate surface area is 125 Å². The Morgan fingerprint density at radius 2 is 2.19 bits per heavy atom. The van der Waals surface area contributed by atoms with Gasteiger partial charge in [-0.25, -0.2) is 0 Å². The molecule has 0 spiro atoms. The van der Waals surface area contributed by atoms with Gasteiger partial charge < -0.3 is 9.36 Å². The average molecular weight is 299 g/mol. The number of thiophene rings is 1. The lowest BCUT2D eigenvalue weighted by Gasteiger charge is -1.97. The molecule has 5 nitrogen and oxygen atoms in total. The van der Waals surface area contributed by atoms with Crippen LogP contribution in [0.2, 0.25) is 0 Å². The van der Waals surface area contributed by atoms with Gasteiger partial charge in [-0.05, 0) is 29.5 Å². The molecule has 2 aromatic heterocycles. The molecule has 0 fully saturated rings. The first-order chi connectivity index (χ1) is 10.3. The quantitative estimate of drug-likeness (QED) is 0.533. The van der Waals surface area contributed by atoms with Crippen LogP contribution in [0.1, 0.15) is 17.0 Å². The molecule has 0 aliphatic rings. The van der Waals surface area contributed by atoms with Gasteiger partial charge in [0.15, 0.2) is 6.61 Å². The third-order valence-electron chi connectivity index (χ3n) is 2.85. The second kappa shape index (κ2) is 6.32. The molecule has 0 saturated carbocycles. The largest absolute Gasteiger partial charge is 0.386 e. The van der Waals surface area contributed by atoms with E-state index in [9.17, 15) is 0 Å². The second-order valence-corrected chi connectivity index (χ2v) is 5.30. The summed E-state index contributed by atoms with van der Waals surface area (Å²) < 4.78 is 5.11. The van der Waals surface area contributed by atoms with E-state index in [4.69, 9.17) is 9.36 Å². The Hall–Kier alpha value is -2.47. The second-order valence-electron chi connectivity index (χ2n) is 4.35. The van der Waals surface area contributed by atoms with Gasteiger partial charge in [-0.2, -0.15) is 4.98 Å². The van der Waals surface area contributed by atoms with E-state index in [0.717, 1.165) is 16.0 Å². The van der Waals surface area contributed by atoms with Gasteiger partial charge in [-0.1, -0.05) is 40.6 Å². The van der Waals surface area contributed by atoms with E-state index >= 15 is 0 Å². The van der Waals surface area contributed by atoms with Crippen LogP contribution in [0.5, 0.6) is 0 Å². The number of aryl methyl sites for hydroxylation is 1. The first-order valence-electron chi connectivity index (χ1n) is 6.40. The molecular formula is C15H13N3O2S. The molecule has 0 aliphatic heterocycles. The van der Waals surface area contributed by atoms with Gasteiger partial charge in [0, 0.05) is 0 Å². The summed E-state index contributed by atoms with van der Waals surface area (Å²) in [4.78, 5) is 10.4. The van der Waals surface area contributed by atoms with Gasteiger partial charge in [-0.3, -0.25) is 0 Å². The normalized spacial score (nSPS) is 11.1. The zero-order chi connectivity index (χ0) is 14.5. The van der Waals surface area contributed by atoms with Crippen LogP contribution in [0, 0.1) is 6.92 Å². The maximum atomic E-state index is 5.19. The molecule has 1 aromatic carbocycles. The summed E-state index contributed by atoms with van der Waals surface area (Å²) in [5.74, 6) is 0.979. The van der Waals surface area contributed by atoms with Crippen molar-refractivity contribution >= 4 is 17.6 Å². The summed E-state index contributed by atoms with van der Waals surface area (Å²) in [5.41, 5.74) is 2.16. The van der Waals surface area contributed by atoms with Crippen LogP contribution in [0.25, 0.3) is 10.7 Å². The maximum Gasteiger partial charge on any atom is 0.267 e. The third-order valence-corrected chi connectivity index (χ3v) is 3.72. The molecule has 3 rings (SSSR count).